The molecule has 0 radical (unpaired) electrons. The van der Waals surface area contributed by atoms with Gasteiger partial charge in [0, 0.05) is 6.42 Å². The van der Waals surface area contributed by atoms with Gasteiger partial charge in [-0.3, -0.25) is 4.57 Å². The third kappa shape index (κ3) is 3.51. The van der Waals surface area contributed by atoms with Gasteiger partial charge in [-0.15, -0.1) is 0 Å². The number of ether oxygens (including phenoxy) is 1. The van der Waals surface area contributed by atoms with Crippen molar-refractivity contribution in [3.63, 3.8) is 0 Å². The van der Waals surface area contributed by atoms with Gasteiger partial charge in [0.25, 0.3) is 0 Å². The van der Waals surface area contributed by atoms with E-state index < -0.39 is 43.9 Å². The van der Waals surface area contributed by atoms with E-state index in [9.17, 15) is 15.3 Å². The first kappa shape index (κ1) is 17.4. The Morgan fingerprint density at radius 2 is 2.09 bits per heavy atom. The van der Waals surface area contributed by atoms with Crippen LogP contribution in [0, 0.1) is 23.2 Å². The summed E-state index contributed by atoms with van der Waals surface area (Å²) in [6, 6.07) is 1.85. The zero-order valence-electron chi connectivity index (χ0n) is 12.1. The van der Waals surface area contributed by atoms with E-state index in [1.807, 2.05) is 6.07 Å². The fraction of sp³-hybridized carbons (Fsp3) is 0.571. The highest BCUT2D eigenvalue weighted by Gasteiger charge is 2.44. The van der Waals surface area contributed by atoms with Crippen LogP contribution in [-0.4, -0.2) is 72.7 Å². The minimum Gasteiger partial charge on any atom is -0.394 e. The highest BCUT2D eigenvalue weighted by atomic mass is 16.6. The summed E-state index contributed by atoms with van der Waals surface area (Å²) in [4.78, 5) is 3.86. The van der Waals surface area contributed by atoms with Gasteiger partial charge < -0.3 is 30.3 Å². The number of rotatable bonds is 4. The lowest BCUT2D eigenvalue weighted by Gasteiger charge is -2.17. The van der Waals surface area contributed by atoms with Crippen molar-refractivity contribution in [2.24, 2.45) is 0 Å². The lowest BCUT2D eigenvalue weighted by atomic mass is 10.1. The van der Waals surface area contributed by atoms with E-state index in [1.165, 1.54) is 10.9 Å². The summed E-state index contributed by atoms with van der Waals surface area (Å²) < 4.78 is 6.67. The predicted octanol–water partition coefficient (Wildman–Crippen LogP) is -2.54. The van der Waals surface area contributed by atoms with E-state index in [4.69, 9.17) is 20.2 Å². The molecule has 124 valence electrons. The quantitative estimate of drug-likeness (QED) is 0.380. The van der Waals surface area contributed by atoms with Crippen LogP contribution >= 0.6 is 0 Å². The molecule has 0 amide bonds. The van der Waals surface area contributed by atoms with E-state index in [1.54, 1.807) is 0 Å². The van der Waals surface area contributed by atoms with Crippen LogP contribution < -0.4 is 0 Å². The molecule has 1 fully saturated rings. The topological polar surface area (TPSA) is 152 Å². The van der Waals surface area contributed by atoms with Gasteiger partial charge in [-0.1, -0.05) is 5.92 Å². The SMILES string of the molecule is N#Cc1ncn([C@@H]2O[C@H](CO)[C@@H](O)[C@H]2O)c1C#CCC(O)CO. The lowest BCUT2D eigenvalue weighted by Crippen LogP contribution is -2.33. The summed E-state index contributed by atoms with van der Waals surface area (Å²) in [5, 5.41) is 56.0. The van der Waals surface area contributed by atoms with Crippen LogP contribution in [0.3, 0.4) is 0 Å². The zero-order chi connectivity index (χ0) is 17.0. The average Bonchev–Trinajstić information content (AvgIpc) is 3.09. The van der Waals surface area contributed by atoms with Crippen molar-refractivity contribution in [2.75, 3.05) is 13.2 Å². The molecule has 0 aromatic carbocycles. The molecule has 5 atom stereocenters. The van der Waals surface area contributed by atoms with Crippen molar-refractivity contribution >= 4 is 0 Å². The summed E-state index contributed by atoms with van der Waals surface area (Å²) in [6.45, 7) is -0.911. The van der Waals surface area contributed by atoms with Crippen LogP contribution in [0.25, 0.3) is 0 Å². The van der Waals surface area contributed by atoms with Gasteiger partial charge in [0.15, 0.2) is 11.9 Å². The van der Waals surface area contributed by atoms with Crippen molar-refractivity contribution in [3.05, 3.63) is 17.7 Å². The molecule has 0 bridgehead atoms. The monoisotopic (exact) mass is 323 g/mol. The van der Waals surface area contributed by atoms with Crippen molar-refractivity contribution in [1.29, 1.82) is 5.26 Å². The second-order valence-corrected chi connectivity index (χ2v) is 5.03. The maximum Gasteiger partial charge on any atom is 0.174 e. The number of nitriles is 1. The number of aromatic nitrogens is 2. The Morgan fingerprint density at radius 1 is 1.35 bits per heavy atom. The van der Waals surface area contributed by atoms with E-state index in [0.717, 1.165) is 0 Å². The van der Waals surface area contributed by atoms with Crippen molar-refractivity contribution < 1.29 is 30.3 Å². The van der Waals surface area contributed by atoms with Gasteiger partial charge in [-0.2, -0.15) is 5.26 Å². The molecule has 1 saturated heterocycles. The molecule has 1 aliphatic heterocycles. The summed E-state index contributed by atoms with van der Waals surface area (Å²) >= 11 is 0. The Balaban J connectivity index is 2.30. The highest BCUT2D eigenvalue weighted by Crippen LogP contribution is 2.30. The fourth-order valence-electron chi connectivity index (χ4n) is 2.19. The smallest absolute Gasteiger partial charge is 0.174 e. The van der Waals surface area contributed by atoms with Crippen LogP contribution in [0.15, 0.2) is 6.33 Å². The second-order valence-electron chi connectivity index (χ2n) is 5.03. The molecule has 0 aliphatic carbocycles. The van der Waals surface area contributed by atoms with Crippen molar-refractivity contribution in [1.82, 2.24) is 9.55 Å². The first-order valence-electron chi connectivity index (χ1n) is 6.90. The molecule has 1 aromatic rings. The molecule has 1 aliphatic rings. The van der Waals surface area contributed by atoms with Gasteiger partial charge in [-0.05, 0) is 5.92 Å². The van der Waals surface area contributed by atoms with Crippen molar-refractivity contribution in [3.8, 4) is 17.9 Å². The maximum absolute atomic E-state index is 10.0. The van der Waals surface area contributed by atoms with E-state index in [-0.39, 0.29) is 17.8 Å². The minimum atomic E-state index is -1.32. The average molecular weight is 323 g/mol. The van der Waals surface area contributed by atoms with Crippen LogP contribution in [0.4, 0.5) is 0 Å². The third-order valence-electron chi connectivity index (χ3n) is 3.45. The number of imidazole rings is 1. The Bertz CT molecular complexity index is 643. The van der Waals surface area contributed by atoms with E-state index >= 15 is 0 Å². The molecule has 9 nitrogen and oxygen atoms in total. The van der Waals surface area contributed by atoms with Gasteiger partial charge in [-0.25, -0.2) is 4.98 Å². The Kier molecular flexibility index (Phi) is 5.69. The number of aliphatic hydroxyl groups is 5. The second kappa shape index (κ2) is 7.53. The first-order valence-corrected chi connectivity index (χ1v) is 6.90. The molecule has 1 unspecified atom stereocenters. The van der Waals surface area contributed by atoms with Crippen LogP contribution in [0.1, 0.15) is 24.0 Å². The van der Waals surface area contributed by atoms with E-state index in [0.29, 0.717) is 0 Å². The lowest BCUT2D eigenvalue weighted by molar-refractivity contribution is -0.0531. The summed E-state index contributed by atoms with van der Waals surface area (Å²) in [5.41, 5.74) is 0.140. The highest BCUT2D eigenvalue weighted by molar-refractivity contribution is 5.40. The minimum absolute atomic E-state index is 0.00581. The summed E-state index contributed by atoms with van der Waals surface area (Å²) in [7, 11) is 0. The molecule has 1 aromatic heterocycles. The van der Waals surface area contributed by atoms with E-state index in [2.05, 4.69) is 16.8 Å². The van der Waals surface area contributed by atoms with Crippen LogP contribution in [0.5, 0.6) is 0 Å². The molecule has 5 N–H and O–H groups in total. The first-order chi connectivity index (χ1) is 11.0. The molecule has 9 heteroatoms. The zero-order valence-corrected chi connectivity index (χ0v) is 12.1. The molecule has 2 rings (SSSR count). The summed E-state index contributed by atoms with van der Waals surface area (Å²) in [6.07, 6.45) is -4.39. The van der Waals surface area contributed by atoms with Gasteiger partial charge >= 0.3 is 0 Å². The summed E-state index contributed by atoms with van der Waals surface area (Å²) in [5.74, 6) is 5.25. The van der Waals surface area contributed by atoms with Crippen LogP contribution in [0.2, 0.25) is 0 Å². The molecule has 0 saturated carbocycles. The molecular weight excluding hydrogens is 306 g/mol. The molecule has 2 heterocycles. The number of aliphatic hydroxyl groups excluding tert-OH is 5. The molecule has 0 spiro atoms. The largest absolute Gasteiger partial charge is 0.394 e. The van der Waals surface area contributed by atoms with Gasteiger partial charge in [0.1, 0.15) is 30.1 Å². The Morgan fingerprint density at radius 3 is 2.65 bits per heavy atom. The fourth-order valence-corrected chi connectivity index (χ4v) is 2.19. The van der Waals surface area contributed by atoms with Crippen LogP contribution in [-0.2, 0) is 4.74 Å². The van der Waals surface area contributed by atoms with Gasteiger partial charge in [0.05, 0.1) is 25.6 Å². The maximum atomic E-state index is 10.0. The number of hydrogen-bond donors (Lipinski definition) is 5. The predicted molar refractivity (Wildman–Crippen MR) is 74.5 cm³/mol. The van der Waals surface area contributed by atoms with Gasteiger partial charge in [0.2, 0.25) is 0 Å². The molecular formula is C14H17N3O6. The number of hydrogen-bond acceptors (Lipinski definition) is 8. The standard InChI is InChI=1S/C14H17N3O6/c15-4-9-10(3-1-2-8(20)5-18)17(7-16-9)14-13(22)12(21)11(6-19)23-14/h7-8,11-14,18-22H,2,5-6H2/t8?,11-,12-,13-,14-/m1/s1. The van der Waals surface area contributed by atoms with Crippen molar-refractivity contribution in [2.45, 2.75) is 37.1 Å². The Labute approximate surface area is 132 Å². The molecule has 23 heavy (non-hydrogen) atoms. The normalized spacial score (nSPS) is 28.0. The Hall–Kier alpha value is -1.98. The number of nitrogens with zero attached hydrogens (tertiary/aromatic N) is 3. The third-order valence-corrected chi connectivity index (χ3v) is 3.45.